The maximum absolute atomic E-state index is 12.4. The molecule has 0 bridgehead atoms. The van der Waals surface area contributed by atoms with Gasteiger partial charge in [-0.2, -0.15) is 0 Å². The number of ether oxygens (including phenoxy) is 4. The molecule has 3 atom stereocenters. The van der Waals surface area contributed by atoms with Gasteiger partial charge in [0.1, 0.15) is 18.0 Å². The highest BCUT2D eigenvalue weighted by atomic mass is 16.6. The quantitative estimate of drug-likeness (QED) is 0.158. The summed E-state index contributed by atoms with van der Waals surface area (Å²) in [6.07, 6.45) is 5.88. The van der Waals surface area contributed by atoms with E-state index in [-0.39, 0.29) is 18.7 Å². The lowest BCUT2D eigenvalue weighted by Gasteiger charge is -2.18. The summed E-state index contributed by atoms with van der Waals surface area (Å²) in [7, 11) is 2.60. The predicted molar refractivity (Wildman–Crippen MR) is 168 cm³/mol. The van der Waals surface area contributed by atoms with Crippen molar-refractivity contribution < 1.29 is 38.1 Å². The Morgan fingerprint density at radius 2 is 1.35 bits per heavy atom. The van der Waals surface area contributed by atoms with Crippen LogP contribution in [-0.4, -0.2) is 64.4 Å². The zero-order chi connectivity index (χ0) is 33.3. The van der Waals surface area contributed by atoms with Gasteiger partial charge in [-0.15, -0.1) is 0 Å². The van der Waals surface area contributed by atoms with E-state index in [0.717, 1.165) is 11.1 Å². The van der Waals surface area contributed by atoms with Crippen molar-refractivity contribution in [2.24, 2.45) is 5.92 Å². The second-order valence-electron chi connectivity index (χ2n) is 11.1. The second kappa shape index (κ2) is 15.2. The molecule has 1 saturated carbocycles. The molecule has 0 aliphatic heterocycles. The minimum Gasteiger partial charge on any atom is -0.469 e. The standard InChI is InChI=1S/C18H21NO4.C17H18N2O4/c1-13(17(20)22-3)12-23-18(21)16-10-7-11-19(16)14(2)15-8-5-4-6-9-15;1-12(13-6-4-3-5-7-13)19-11-18-10-14(19)15(20)23-17(8-9-17)16(21)22-2/h4-11,13-14H,12H2,1-3H3;3-7,10-12H,8-9H2,1-2H3. The summed E-state index contributed by atoms with van der Waals surface area (Å²) in [5, 5.41) is 0. The van der Waals surface area contributed by atoms with Crippen molar-refractivity contribution in [3.05, 3.63) is 114 Å². The fourth-order valence-corrected chi connectivity index (χ4v) is 4.88. The smallest absolute Gasteiger partial charge is 0.357 e. The first-order chi connectivity index (χ1) is 22.1. The number of benzene rings is 2. The van der Waals surface area contributed by atoms with Crippen molar-refractivity contribution in [2.45, 2.75) is 51.3 Å². The van der Waals surface area contributed by atoms with Crippen LogP contribution in [0.3, 0.4) is 0 Å². The van der Waals surface area contributed by atoms with Crippen LogP contribution in [0.25, 0.3) is 0 Å². The first kappa shape index (κ1) is 33.7. The van der Waals surface area contributed by atoms with Crippen molar-refractivity contribution in [2.75, 3.05) is 20.8 Å². The molecule has 4 aromatic rings. The second-order valence-corrected chi connectivity index (χ2v) is 11.1. The highest BCUT2D eigenvalue weighted by Gasteiger charge is 2.55. The number of nitrogens with zero attached hydrogens (tertiary/aromatic N) is 3. The molecule has 2 heterocycles. The van der Waals surface area contributed by atoms with E-state index in [2.05, 4.69) is 9.72 Å². The van der Waals surface area contributed by atoms with Crippen LogP contribution in [0.15, 0.2) is 91.5 Å². The predicted octanol–water partition coefficient (Wildman–Crippen LogP) is 5.42. The summed E-state index contributed by atoms with van der Waals surface area (Å²) in [5.74, 6) is -2.40. The average Bonchev–Trinajstić information content (AvgIpc) is 3.46. The van der Waals surface area contributed by atoms with Crippen LogP contribution in [-0.2, 0) is 28.5 Å². The number of methoxy groups -OCH3 is 2. The Bertz CT molecular complexity index is 1630. The van der Waals surface area contributed by atoms with Gasteiger partial charge in [0.15, 0.2) is 0 Å². The van der Waals surface area contributed by atoms with Crippen LogP contribution in [0.4, 0.5) is 0 Å². The topological polar surface area (TPSA) is 128 Å². The minimum atomic E-state index is -1.11. The third kappa shape index (κ3) is 7.90. The molecule has 0 amide bonds. The summed E-state index contributed by atoms with van der Waals surface area (Å²) in [4.78, 5) is 51.9. The van der Waals surface area contributed by atoms with Gasteiger partial charge in [0.25, 0.3) is 0 Å². The molecule has 1 fully saturated rings. The fraction of sp³-hybridized carbons (Fsp3) is 0.343. The zero-order valence-corrected chi connectivity index (χ0v) is 26.6. The minimum absolute atomic E-state index is 0.00357. The van der Waals surface area contributed by atoms with Crippen molar-refractivity contribution in [3.63, 3.8) is 0 Å². The molecule has 1 aliphatic rings. The molecular weight excluding hydrogens is 590 g/mol. The van der Waals surface area contributed by atoms with Gasteiger partial charge in [-0.1, -0.05) is 60.7 Å². The third-order valence-electron chi connectivity index (χ3n) is 7.88. The monoisotopic (exact) mass is 629 g/mol. The van der Waals surface area contributed by atoms with Gasteiger partial charge in [0.2, 0.25) is 5.60 Å². The highest BCUT2D eigenvalue weighted by molar-refractivity contribution is 5.92. The molecule has 1 aliphatic carbocycles. The number of imidazole rings is 1. The molecule has 0 spiro atoms. The van der Waals surface area contributed by atoms with Crippen LogP contribution in [0.5, 0.6) is 0 Å². The highest BCUT2D eigenvalue weighted by Crippen LogP contribution is 2.41. The molecule has 242 valence electrons. The Kier molecular flexibility index (Phi) is 11.1. The Balaban J connectivity index is 0.000000209. The normalized spacial score (nSPS) is 14.8. The SMILES string of the molecule is COC(=O)C(C)COC(=O)c1cccn1C(C)c1ccccc1.COC(=O)C1(OC(=O)c2cncn2C(C)c2ccccc2)CC1. The first-order valence-electron chi connectivity index (χ1n) is 15.0. The number of rotatable bonds is 11. The Morgan fingerprint density at radius 1 is 0.761 bits per heavy atom. The lowest BCUT2D eigenvalue weighted by molar-refractivity contribution is -0.153. The molecule has 46 heavy (non-hydrogen) atoms. The van der Waals surface area contributed by atoms with Gasteiger partial charge in [0, 0.05) is 19.0 Å². The Hall–Kier alpha value is -5.19. The van der Waals surface area contributed by atoms with E-state index in [1.807, 2.05) is 85.3 Å². The maximum Gasteiger partial charge on any atom is 0.357 e. The summed E-state index contributed by atoms with van der Waals surface area (Å²) < 4.78 is 23.6. The van der Waals surface area contributed by atoms with Gasteiger partial charge in [-0.05, 0) is 44.0 Å². The van der Waals surface area contributed by atoms with E-state index >= 15 is 0 Å². The van der Waals surface area contributed by atoms with E-state index in [0.29, 0.717) is 24.2 Å². The average molecular weight is 630 g/mol. The van der Waals surface area contributed by atoms with E-state index in [4.69, 9.17) is 14.2 Å². The van der Waals surface area contributed by atoms with Gasteiger partial charge < -0.3 is 28.1 Å². The summed E-state index contributed by atoms with van der Waals surface area (Å²) in [6.45, 7) is 5.64. The van der Waals surface area contributed by atoms with Crippen LogP contribution in [0, 0.1) is 5.92 Å². The van der Waals surface area contributed by atoms with Gasteiger partial charge in [-0.25, -0.2) is 19.4 Å². The molecule has 0 N–H and O–H groups in total. The molecule has 11 heteroatoms. The number of aromatic nitrogens is 3. The van der Waals surface area contributed by atoms with E-state index < -0.39 is 35.4 Å². The van der Waals surface area contributed by atoms with Crippen molar-refractivity contribution in [1.82, 2.24) is 14.1 Å². The summed E-state index contributed by atoms with van der Waals surface area (Å²) in [6, 6.07) is 23.1. The zero-order valence-electron chi connectivity index (χ0n) is 26.6. The van der Waals surface area contributed by atoms with E-state index in [9.17, 15) is 19.2 Å². The lowest BCUT2D eigenvalue weighted by atomic mass is 10.1. The number of hydrogen-bond acceptors (Lipinski definition) is 9. The van der Waals surface area contributed by atoms with Gasteiger partial charge >= 0.3 is 23.9 Å². The van der Waals surface area contributed by atoms with E-state index in [1.165, 1.54) is 20.4 Å². The van der Waals surface area contributed by atoms with Gasteiger partial charge in [-0.3, -0.25) is 4.79 Å². The molecule has 3 unspecified atom stereocenters. The van der Waals surface area contributed by atoms with Crippen LogP contribution in [0.1, 0.15) is 77.8 Å². The van der Waals surface area contributed by atoms with Crippen molar-refractivity contribution in [3.8, 4) is 0 Å². The lowest BCUT2D eigenvalue weighted by Crippen LogP contribution is -2.31. The van der Waals surface area contributed by atoms with Crippen LogP contribution < -0.4 is 0 Å². The third-order valence-corrected chi connectivity index (χ3v) is 7.88. The molecule has 5 rings (SSSR count). The van der Waals surface area contributed by atoms with Gasteiger partial charge in [0.05, 0.1) is 44.7 Å². The van der Waals surface area contributed by atoms with Crippen molar-refractivity contribution in [1.29, 1.82) is 0 Å². The first-order valence-corrected chi connectivity index (χ1v) is 15.0. The molecule has 11 nitrogen and oxygen atoms in total. The Morgan fingerprint density at radius 3 is 1.89 bits per heavy atom. The maximum atomic E-state index is 12.4. The Labute approximate surface area is 268 Å². The molecule has 0 saturated heterocycles. The fourth-order valence-electron chi connectivity index (χ4n) is 4.88. The molecule has 2 aromatic heterocycles. The number of esters is 4. The number of hydrogen-bond donors (Lipinski definition) is 0. The van der Waals surface area contributed by atoms with Crippen LogP contribution >= 0.6 is 0 Å². The van der Waals surface area contributed by atoms with E-state index in [1.54, 1.807) is 30.0 Å². The molecule has 0 radical (unpaired) electrons. The largest absolute Gasteiger partial charge is 0.469 e. The van der Waals surface area contributed by atoms with Crippen molar-refractivity contribution >= 4 is 23.9 Å². The summed E-state index contributed by atoms with van der Waals surface area (Å²) in [5.41, 5.74) is 1.81. The summed E-state index contributed by atoms with van der Waals surface area (Å²) >= 11 is 0. The molecular formula is C35H39N3O8. The number of carbonyl (C=O) groups excluding carboxylic acids is 4. The van der Waals surface area contributed by atoms with Crippen LogP contribution in [0.2, 0.25) is 0 Å². The number of carbonyl (C=O) groups is 4. The molecule has 2 aromatic carbocycles.